The summed E-state index contributed by atoms with van der Waals surface area (Å²) in [5, 5.41) is 9.41. The van der Waals surface area contributed by atoms with Crippen LogP contribution in [0.1, 0.15) is 40.4 Å². The molecule has 1 aliphatic heterocycles. The number of aromatic carboxylic acids is 1. The molecule has 3 N–H and O–H groups in total. The predicted octanol–water partition coefficient (Wildman–Crippen LogP) is 3.80. The Bertz CT molecular complexity index is 1000. The number of aromatic nitrogens is 2. The van der Waals surface area contributed by atoms with E-state index in [9.17, 15) is 9.90 Å². The number of nitrogens with zero attached hydrogens (tertiary/aromatic N) is 3. The standard InChI is InChI=1S/C23H24N4O2/c24-23-25-12-11-21(26-23)18-4-3-13-27(15-18)14-16-7-9-17(10-8-16)19-5-1-2-6-20(19)22(28)29/h1-2,5-12,18H,3-4,13-15H2,(H,28,29)(H2,24,25,26)/t18-/m0/s1. The number of anilines is 1. The van der Waals surface area contributed by atoms with E-state index in [1.807, 2.05) is 30.3 Å². The normalized spacial score (nSPS) is 17.2. The van der Waals surface area contributed by atoms with E-state index in [0.717, 1.165) is 49.3 Å². The van der Waals surface area contributed by atoms with Gasteiger partial charge in [-0.3, -0.25) is 4.90 Å². The smallest absolute Gasteiger partial charge is 0.336 e. The number of piperidine rings is 1. The quantitative estimate of drug-likeness (QED) is 0.691. The summed E-state index contributed by atoms with van der Waals surface area (Å²) in [7, 11) is 0. The zero-order chi connectivity index (χ0) is 20.2. The van der Waals surface area contributed by atoms with Crippen LogP contribution in [0.5, 0.6) is 0 Å². The van der Waals surface area contributed by atoms with Gasteiger partial charge in [0.25, 0.3) is 0 Å². The van der Waals surface area contributed by atoms with Gasteiger partial charge >= 0.3 is 5.97 Å². The van der Waals surface area contributed by atoms with Crippen molar-refractivity contribution in [3.8, 4) is 11.1 Å². The minimum atomic E-state index is -0.908. The van der Waals surface area contributed by atoms with Crippen LogP contribution in [-0.2, 0) is 6.54 Å². The van der Waals surface area contributed by atoms with E-state index in [2.05, 4.69) is 27.0 Å². The van der Waals surface area contributed by atoms with Crippen LogP contribution >= 0.6 is 0 Å². The Labute approximate surface area is 170 Å². The number of rotatable bonds is 5. The minimum absolute atomic E-state index is 0.322. The second-order valence-electron chi connectivity index (χ2n) is 7.46. The Morgan fingerprint density at radius 3 is 2.69 bits per heavy atom. The van der Waals surface area contributed by atoms with Crippen LogP contribution in [0.15, 0.2) is 60.8 Å². The molecule has 6 heteroatoms. The summed E-state index contributed by atoms with van der Waals surface area (Å²) in [6, 6.07) is 17.2. The van der Waals surface area contributed by atoms with E-state index in [-0.39, 0.29) is 0 Å². The van der Waals surface area contributed by atoms with Crippen LogP contribution in [0.25, 0.3) is 11.1 Å². The summed E-state index contributed by atoms with van der Waals surface area (Å²) in [5.74, 6) is -0.206. The first-order chi connectivity index (χ1) is 14.1. The molecule has 0 aliphatic carbocycles. The summed E-state index contributed by atoms with van der Waals surface area (Å²) in [6.07, 6.45) is 3.96. The average molecular weight is 388 g/mol. The Morgan fingerprint density at radius 2 is 1.93 bits per heavy atom. The molecule has 2 heterocycles. The van der Waals surface area contributed by atoms with Gasteiger partial charge in [0.15, 0.2) is 0 Å². The highest BCUT2D eigenvalue weighted by Gasteiger charge is 2.22. The highest BCUT2D eigenvalue weighted by Crippen LogP contribution is 2.28. The van der Waals surface area contributed by atoms with Crippen LogP contribution in [0, 0.1) is 0 Å². The average Bonchev–Trinajstić information content (AvgIpc) is 2.74. The van der Waals surface area contributed by atoms with Crippen LogP contribution in [0.2, 0.25) is 0 Å². The van der Waals surface area contributed by atoms with Gasteiger partial charge in [0.1, 0.15) is 0 Å². The van der Waals surface area contributed by atoms with Gasteiger partial charge in [-0.2, -0.15) is 0 Å². The molecule has 29 heavy (non-hydrogen) atoms. The van der Waals surface area contributed by atoms with Crippen molar-refractivity contribution in [3.05, 3.63) is 77.6 Å². The highest BCUT2D eigenvalue weighted by atomic mass is 16.4. The third-order valence-electron chi connectivity index (χ3n) is 5.45. The van der Waals surface area contributed by atoms with Crippen LogP contribution in [-0.4, -0.2) is 39.0 Å². The van der Waals surface area contributed by atoms with E-state index in [0.29, 0.717) is 17.4 Å². The van der Waals surface area contributed by atoms with Crippen molar-refractivity contribution in [3.63, 3.8) is 0 Å². The molecule has 4 rings (SSSR count). The van der Waals surface area contributed by atoms with E-state index < -0.39 is 5.97 Å². The third kappa shape index (κ3) is 4.43. The lowest BCUT2D eigenvalue weighted by Crippen LogP contribution is -2.34. The van der Waals surface area contributed by atoms with E-state index in [4.69, 9.17) is 5.73 Å². The zero-order valence-electron chi connectivity index (χ0n) is 16.2. The number of nitrogens with two attached hydrogens (primary N) is 1. The zero-order valence-corrected chi connectivity index (χ0v) is 16.2. The first-order valence-corrected chi connectivity index (χ1v) is 9.82. The molecule has 1 fully saturated rings. The van der Waals surface area contributed by atoms with Crippen molar-refractivity contribution in [1.82, 2.24) is 14.9 Å². The SMILES string of the molecule is Nc1nccc([C@H]2CCCN(Cc3ccc(-c4ccccc4C(=O)O)cc3)C2)n1. The molecule has 0 saturated carbocycles. The summed E-state index contributed by atoms with van der Waals surface area (Å²) in [6.45, 7) is 2.86. The van der Waals surface area contributed by atoms with Crippen molar-refractivity contribution < 1.29 is 9.90 Å². The molecule has 0 unspecified atom stereocenters. The summed E-state index contributed by atoms with van der Waals surface area (Å²) in [4.78, 5) is 22.3. The van der Waals surface area contributed by atoms with Gasteiger partial charge in [-0.15, -0.1) is 0 Å². The molecule has 1 atom stereocenters. The predicted molar refractivity (Wildman–Crippen MR) is 113 cm³/mol. The van der Waals surface area contributed by atoms with Gasteiger partial charge in [-0.1, -0.05) is 42.5 Å². The summed E-state index contributed by atoms with van der Waals surface area (Å²) in [5.41, 5.74) is 9.95. The topological polar surface area (TPSA) is 92.3 Å². The second-order valence-corrected chi connectivity index (χ2v) is 7.46. The van der Waals surface area contributed by atoms with Crippen molar-refractivity contribution in [2.24, 2.45) is 0 Å². The molecule has 0 radical (unpaired) electrons. The number of carbonyl (C=O) groups is 1. The van der Waals surface area contributed by atoms with Crippen LogP contribution < -0.4 is 5.73 Å². The summed E-state index contributed by atoms with van der Waals surface area (Å²) < 4.78 is 0. The maximum Gasteiger partial charge on any atom is 0.336 e. The lowest BCUT2D eigenvalue weighted by atomic mass is 9.94. The number of hydrogen-bond acceptors (Lipinski definition) is 5. The number of carboxylic acid groups (broad SMARTS) is 1. The molecular weight excluding hydrogens is 364 g/mol. The van der Waals surface area contributed by atoms with Crippen LogP contribution in [0.3, 0.4) is 0 Å². The van der Waals surface area contributed by atoms with Crippen molar-refractivity contribution >= 4 is 11.9 Å². The molecule has 1 aromatic heterocycles. The van der Waals surface area contributed by atoms with E-state index >= 15 is 0 Å². The van der Waals surface area contributed by atoms with E-state index in [1.165, 1.54) is 5.56 Å². The minimum Gasteiger partial charge on any atom is -0.478 e. The number of carboxylic acids is 1. The number of nitrogen functional groups attached to an aromatic ring is 1. The Kier molecular flexibility index (Phi) is 5.53. The van der Waals surface area contributed by atoms with Gasteiger partial charge in [-0.05, 0) is 48.2 Å². The molecule has 6 nitrogen and oxygen atoms in total. The van der Waals surface area contributed by atoms with Gasteiger partial charge in [0, 0.05) is 25.2 Å². The molecular formula is C23H24N4O2. The fraction of sp³-hybridized carbons (Fsp3) is 0.261. The fourth-order valence-corrected chi connectivity index (χ4v) is 4.03. The maximum atomic E-state index is 11.5. The van der Waals surface area contributed by atoms with Crippen molar-refractivity contribution in [2.45, 2.75) is 25.3 Å². The molecule has 148 valence electrons. The third-order valence-corrected chi connectivity index (χ3v) is 5.45. The lowest BCUT2D eigenvalue weighted by molar-refractivity contribution is 0.0697. The molecule has 1 aliphatic rings. The molecule has 1 saturated heterocycles. The Morgan fingerprint density at radius 1 is 1.14 bits per heavy atom. The molecule has 0 amide bonds. The molecule has 0 bridgehead atoms. The van der Waals surface area contributed by atoms with Gasteiger partial charge in [0.2, 0.25) is 5.95 Å². The van der Waals surface area contributed by atoms with Crippen molar-refractivity contribution in [1.29, 1.82) is 0 Å². The second kappa shape index (κ2) is 8.41. The number of likely N-dealkylation sites (tertiary alicyclic amines) is 1. The maximum absolute atomic E-state index is 11.5. The van der Waals surface area contributed by atoms with Crippen molar-refractivity contribution in [2.75, 3.05) is 18.8 Å². The Balaban J connectivity index is 1.46. The van der Waals surface area contributed by atoms with E-state index in [1.54, 1.807) is 18.3 Å². The highest BCUT2D eigenvalue weighted by molar-refractivity contribution is 5.95. The molecule has 2 aromatic carbocycles. The largest absolute Gasteiger partial charge is 0.478 e. The van der Waals surface area contributed by atoms with Gasteiger partial charge in [0.05, 0.1) is 11.3 Å². The van der Waals surface area contributed by atoms with Gasteiger partial charge < -0.3 is 10.8 Å². The molecule has 3 aromatic rings. The Hall–Kier alpha value is -3.25. The lowest BCUT2D eigenvalue weighted by Gasteiger charge is -2.32. The fourth-order valence-electron chi connectivity index (χ4n) is 4.03. The summed E-state index contributed by atoms with van der Waals surface area (Å²) >= 11 is 0. The first-order valence-electron chi connectivity index (χ1n) is 9.82. The van der Waals surface area contributed by atoms with Crippen LogP contribution in [0.4, 0.5) is 5.95 Å². The monoisotopic (exact) mass is 388 g/mol. The van der Waals surface area contributed by atoms with Gasteiger partial charge in [-0.25, -0.2) is 14.8 Å². The first kappa shape index (κ1) is 19.1. The molecule has 0 spiro atoms. The number of hydrogen-bond donors (Lipinski definition) is 2. The number of benzene rings is 2.